The number of aliphatic imine (C=N–C) groups is 2. The lowest BCUT2D eigenvalue weighted by molar-refractivity contribution is -0.127. The van der Waals surface area contributed by atoms with E-state index in [-0.39, 0.29) is 5.78 Å². The molecule has 0 amide bonds. The molecule has 8 bridgehead atoms. The highest BCUT2D eigenvalue weighted by Crippen LogP contribution is 2.44. The third-order valence-electron chi connectivity index (χ3n) is 8.32. The maximum Gasteiger partial charge on any atom is 0.192 e. The van der Waals surface area contributed by atoms with Gasteiger partial charge in [-0.25, -0.2) is 14.7 Å². The van der Waals surface area contributed by atoms with Crippen molar-refractivity contribution in [2.24, 2.45) is 15.4 Å². The van der Waals surface area contributed by atoms with E-state index in [0.717, 1.165) is 50.3 Å². The lowest BCUT2D eigenvalue weighted by atomic mass is 9.78. The van der Waals surface area contributed by atoms with Gasteiger partial charge < -0.3 is 10.3 Å². The number of nitrogens with zero attached hydrogens (tertiary/aromatic N) is 5. The molecular weight excluding hydrogens is 510 g/mol. The van der Waals surface area contributed by atoms with Gasteiger partial charge in [0, 0.05) is 40.0 Å². The number of Topliss-reactive ketones (excluding diaryl/α,β-unsaturated/α-hetero) is 1. The number of hydrogen-bond acceptors (Lipinski definition) is 6. The van der Waals surface area contributed by atoms with Gasteiger partial charge in [0.05, 0.1) is 28.7 Å². The Hall–Kier alpha value is -4.85. The van der Waals surface area contributed by atoms with E-state index in [1.807, 2.05) is 118 Å². The summed E-state index contributed by atoms with van der Waals surface area (Å²) in [4.78, 5) is 31.9. The Morgan fingerprint density at radius 3 is 2.56 bits per heavy atom. The van der Waals surface area contributed by atoms with Crippen LogP contribution in [0.25, 0.3) is 23.3 Å². The number of ketones is 1. The molecule has 7 rings (SSSR count). The van der Waals surface area contributed by atoms with Crippen LogP contribution in [-0.2, 0) is 10.5 Å². The minimum Gasteiger partial charge on any atom is -0.372 e. The van der Waals surface area contributed by atoms with Crippen LogP contribution in [0.5, 0.6) is 0 Å². The summed E-state index contributed by atoms with van der Waals surface area (Å²) >= 11 is 0. The first kappa shape index (κ1) is 25.1. The van der Waals surface area contributed by atoms with E-state index < -0.39 is 16.6 Å². The first-order chi connectivity index (χ1) is 19.7. The SMILES string of the molecule is CCC12C=C3C=CC(=N3)C=c3ccc([nH]3)=CC3=NC(n4cc(-c5ccnc(C)c5)cn4)(C=C3)C=C(N1)C(C)(C)C2=O. The number of aromatic amines is 1. The first-order valence-electron chi connectivity index (χ1n) is 13.9. The van der Waals surface area contributed by atoms with Crippen LogP contribution in [0.2, 0.25) is 0 Å². The molecule has 41 heavy (non-hydrogen) atoms. The number of pyridine rings is 1. The van der Waals surface area contributed by atoms with E-state index in [2.05, 4.69) is 15.3 Å². The largest absolute Gasteiger partial charge is 0.372 e. The van der Waals surface area contributed by atoms with E-state index in [1.165, 1.54) is 0 Å². The maximum atomic E-state index is 14.1. The van der Waals surface area contributed by atoms with Gasteiger partial charge in [-0.2, -0.15) is 5.10 Å². The normalized spacial score (nSPS) is 25.6. The molecule has 2 N–H and O–H groups in total. The number of aromatic nitrogens is 4. The zero-order valence-electron chi connectivity index (χ0n) is 23.5. The van der Waals surface area contributed by atoms with Crippen LogP contribution in [0.15, 0.2) is 101 Å². The molecular formula is C33H31N7O. The Labute approximate surface area is 238 Å². The van der Waals surface area contributed by atoms with Crippen LogP contribution in [0.3, 0.4) is 0 Å². The molecule has 3 aromatic heterocycles. The van der Waals surface area contributed by atoms with Crippen molar-refractivity contribution < 1.29 is 4.79 Å². The highest BCUT2D eigenvalue weighted by Gasteiger charge is 2.54. The summed E-state index contributed by atoms with van der Waals surface area (Å²) in [6, 6.07) is 8.07. The summed E-state index contributed by atoms with van der Waals surface area (Å²) < 4.78 is 1.86. The number of nitrogens with one attached hydrogen (secondary N) is 2. The predicted molar refractivity (Wildman–Crippen MR) is 161 cm³/mol. The molecule has 1 fully saturated rings. The van der Waals surface area contributed by atoms with Gasteiger partial charge >= 0.3 is 0 Å². The second-order valence-corrected chi connectivity index (χ2v) is 11.6. The van der Waals surface area contributed by atoms with Crippen LogP contribution in [0.1, 0.15) is 32.9 Å². The molecule has 4 aliphatic rings. The van der Waals surface area contributed by atoms with Gasteiger partial charge in [0.25, 0.3) is 0 Å². The minimum atomic E-state index is -0.972. The molecule has 2 atom stereocenters. The highest BCUT2D eigenvalue weighted by molar-refractivity contribution is 6.20. The predicted octanol–water partition coefficient (Wildman–Crippen LogP) is 3.65. The second kappa shape index (κ2) is 8.83. The number of H-pyrrole nitrogens is 1. The van der Waals surface area contributed by atoms with E-state index in [1.54, 1.807) is 6.20 Å². The molecule has 204 valence electrons. The summed E-state index contributed by atoms with van der Waals surface area (Å²) in [6.45, 7) is 7.95. The number of aryl methyl sites for hydroxylation is 1. The molecule has 0 aliphatic carbocycles. The van der Waals surface area contributed by atoms with Gasteiger partial charge in [-0.1, -0.05) is 6.92 Å². The fourth-order valence-electron chi connectivity index (χ4n) is 5.98. The monoisotopic (exact) mass is 541 g/mol. The fraction of sp³-hybridized carbons (Fsp3) is 0.242. The van der Waals surface area contributed by atoms with Crippen LogP contribution in [0.4, 0.5) is 0 Å². The zero-order chi connectivity index (χ0) is 28.4. The lowest BCUT2D eigenvalue weighted by Gasteiger charge is -2.26. The number of allylic oxidation sites excluding steroid dienone is 4. The summed E-state index contributed by atoms with van der Waals surface area (Å²) in [5.41, 5.74) is 3.49. The molecule has 4 aliphatic heterocycles. The van der Waals surface area contributed by atoms with Crippen molar-refractivity contribution in [2.75, 3.05) is 0 Å². The van der Waals surface area contributed by atoms with Crippen molar-refractivity contribution in [1.82, 2.24) is 25.1 Å². The molecule has 0 radical (unpaired) electrons. The van der Waals surface area contributed by atoms with Crippen LogP contribution in [-0.4, -0.2) is 42.5 Å². The molecule has 0 aromatic carbocycles. The van der Waals surface area contributed by atoms with Crippen LogP contribution >= 0.6 is 0 Å². The summed E-state index contributed by atoms with van der Waals surface area (Å²) in [5, 5.41) is 10.3. The third kappa shape index (κ3) is 4.09. The van der Waals surface area contributed by atoms with Gasteiger partial charge in [0.1, 0.15) is 5.54 Å². The molecule has 7 heterocycles. The summed E-state index contributed by atoms with van der Waals surface area (Å²) in [5.74, 6) is 0.103. The number of carbonyl (C=O) groups is 1. The Morgan fingerprint density at radius 1 is 0.976 bits per heavy atom. The van der Waals surface area contributed by atoms with Gasteiger partial charge in [0.2, 0.25) is 0 Å². The number of carbonyl (C=O) groups excluding carboxylic acids is 1. The Morgan fingerprint density at radius 2 is 1.78 bits per heavy atom. The molecule has 1 saturated heterocycles. The van der Waals surface area contributed by atoms with Gasteiger partial charge in [-0.15, -0.1) is 0 Å². The number of rotatable bonds is 3. The Bertz CT molecular complexity index is 1930. The topological polar surface area (TPSA) is 100 Å². The van der Waals surface area contributed by atoms with Gasteiger partial charge in [-0.05, 0) is 106 Å². The minimum absolute atomic E-state index is 0.103. The van der Waals surface area contributed by atoms with Crippen LogP contribution in [0, 0.1) is 12.3 Å². The van der Waals surface area contributed by atoms with Crippen molar-refractivity contribution >= 4 is 29.4 Å². The average Bonchev–Trinajstić information content (AvgIpc) is 3.77. The Balaban J connectivity index is 1.45. The molecule has 8 heteroatoms. The fourth-order valence-corrected chi connectivity index (χ4v) is 5.98. The summed E-state index contributed by atoms with van der Waals surface area (Å²) in [6.07, 6.45) is 22.3. The molecule has 3 aromatic rings. The van der Waals surface area contributed by atoms with Crippen LogP contribution < -0.4 is 16.0 Å². The molecule has 0 spiro atoms. The van der Waals surface area contributed by atoms with E-state index in [9.17, 15) is 4.79 Å². The van der Waals surface area contributed by atoms with E-state index in [0.29, 0.717) is 6.42 Å². The number of hydrogen-bond donors (Lipinski definition) is 2. The van der Waals surface area contributed by atoms with E-state index >= 15 is 0 Å². The Kier molecular flexibility index (Phi) is 5.41. The smallest absolute Gasteiger partial charge is 0.192 e. The quantitative estimate of drug-likeness (QED) is 0.529. The number of fused-ring (bicyclic) bond motifs is 6. The third-order valence-corrected chi connectivity index (χ3v) is 8.32. The standard InChI is InChI=1S/C33H31N7O/c1-5-32-17-28-9-8-25(37-28)15-24-6-7-26(36-24)16-27-10-12-33(38-27,18-29(39-32)31(3,4)30(32)41)40-20-23(19-35-40)22-11-13-34-21(2)14-22/h6-20,36,39H,5H2,1-4H3. The zero-order valence-corrected chi connectivity index (χ0v) is 23.5. The van der Waals surface area contributed by atoms with Crippen molar-refractivity contribution in [1.29, 1.82) is 0 Å². The van der Waals surface area contributed by atoms with Gasteiger partial charge in [0.15, 0.2) is 11.4 Å². The van der Waals surface area contributed by atoms with Gasteiger partial charge in [-0.3, -0.25) is 9.78 Å². The summed E-state index contributed by atoms with van der Waals surface area (Å²) in [7, 11) is 0. The average molecular weight is 542 g/mol. The van der Waals surface area contributed by atoms with Crippen molar-refractivity contribution in [3.05, 3.63) is 107 Å². The second-order valence-electron chi connectivity index (χ2n) is 11.6. The van der Waals surface area contributed by atoms with Crippen molar-refractivity contribution in [2.45, 2.75) is 45.3 Å². The van der Waals surface area contributed by atoms with Crippen molar-refractivity contribution in [3.8, 4) is 11.1 Å². The first-order valence-corrected chi connectivity index (χ1v) is 13.9. The van der Waals surface area contributed by atoms with E-state index in [4.69, 9.17) is 15.1 Å². The molecule has 8 nitrogen and oxygen atoms in total. The lowest BCUT2D eigenvalue weighted by Crippen LogP contribution is -2.44. The van der Waals surface area contributed by atoms with Crippen molar-refractivity contribution in [3.63, 3.8) is 0 Å². The molecule has 0 saturated carbocycles. The maximum absolute atomic E-state index is 14.1. The highest BCUT2D eigenvalue weighted by atomic mass is 16.1. The molecule has 2 unspecified atom stereocenters.